The summed E-state index contributed by atoms with van der Waals surface area (Å²) in [6.07, 6.45) is 6.01. The predicted octanol–water partition coefficient (Wildman–Crippen LogP) is 1.38. The molecule has 0 amide bonds. The van der Waals surface area contributed by atoms with Crippen molar-refractivity contribution in [1.82, 2.24) is 20.3 Å². The quantitative estimate of drug-likeness (QED) is 0.299. The smallest absolute Gasteiger partial charge is 0.211 e. The van der Waals surface area contributed by atoms with Crippen molar-refractivity contribution in [3.63, 3.8) is 0 Å². The van der Waals surface area contributed by atoms with Gasteiger partial charge in [0, 0.05) is 32.7 Å². The molecule has 1 atom stereocenters. The summed E-state index contributed by atoms with van der Waals surface area (Å²) in [6.45, 7) is 10.6. The van der Waals surface area contributed by atoms with Crippen LogP contribution < -0.4 is 15.4 Å². The molecule has 3 N–H and O–H groups in total. The van der Waals surface area contributed by atoms with Gasteiger partial charge < -0.3 is 10.6 Å². The third-order valence-electron chi connectivity index (χ3n) is 4.93. The third kappa shape index (κ3) is 9.19. The van der Waals surface area contributed by atoms with Crippen LogP contribution in [0.5, 0.6) is 0 Å². The van der Waals surface area contributed by atoms with Gasteiger partial charge in [0.15, 0.2) is 5.96 Å². The second-order valence-corrected chi connectivity index (χ2v) is 9.39. The van der Waals surface area contributed by atoms with E-state index in [0.717, 1.165) is 18.9 Å². The number of hydrogen-bond donors (Lipinski definition) is 3. The molecule has 1 rings (SSSR count). The van der Waals surface area contributed by atoms with E-state index in [1.807, 2.05) is 0 Å². The van der Waals surface area contributed by atoms with Gasteiger partial charge in [-0.3, -0.25) is 9.89 Å². The molecule has 0 spiro atoms. The van der Waals surface area contributed by atoms with Gasteiger partial charge in [-0.05, 0) is 45.2 Å². The molecule has 0 radical (unpaired) electrons. The number of likely N-dealkylation sites (tertiary alicyclic amines) is 1. The molecule has 0 aromatic carbocycles. The highest BCUT2D eigenvalue weighted by atomic mass is 32.2. The molecule has 1 aliphatic heterocycles. The highest BCUT2D eigenvalue weighted by Gasteiger charge is 2.22. The molecule has 0 aliphatic carbocycles. The van der Waals surface area contributed by atoms with Gasteiger partial charge in [-0.15, -0.1) is 0 Å². The molecule has 0 bridgehead atoms. The van der Waals surface area contributed by atoms with E-state index in [1.165, 1.54) is 38.8 Å². The highest BCUT2D eigenvalue weighted by Crippen LogP contribution is 2.16. The van der Waals surface area contributed by atoms with Gasteiger partial charge in [-0.25, -0.2) is 13.1 Å². The number of aliphatic imine (C=N–C) groups is 1. The van der Waals surface area contributed by atoms with Crippen molar-refractivity contribution >= 4 is 16.0 Å². The van der Waals surface area contributed by atoms with E-state index in [-0.39, 0.29) is 5.75 Å². The van der Waals surface area contributed by atoms with Crippen LogP contribution >= 0.6 is 0 Å². The van der Waals surface area contributed by atoms with Gasteiger partial charge in [0.25, 0.3) is 0 Å². The fraction of sp³-hybridized carbons (Fsp3) is 0.944. The summed E-state index contributed by atoms with van der Waals surface area (Å²) >= 11 is 0. The molecule has 154 valence electrons. The maximum Gasteiger partial charge on any atom is 0.211 e. The molecular formula is C18H39N5O2S. The molecular weight excluding hydrogens is 350 g/mol. The first-order valence-electron chi connectivity index (χ1n) is 10.1. The van der Waals surface area contributed by atoms with Crippen LogP contribution in [0.4, 0.5) is 0 Å². The minimum Gasteiger partial charge on any atom is -0.356 e. The van der Waals surface area contributed by atoms with Gasteiger partial charge >= 0.3 is 0 Å². The van der Waals surface area contributed by atoms with Crippen molar-refractivity contribution in [2.24, 2.45) is 10.9 Å². The zero-order chi connectivity index (χ0) is 19.4. The van der Waals surface area contributed by atoms with Crippen LogP contribution in [0.15, 0.2) is 4.99 Å². The van der Waals surface area contributed by atoms with Crippen LogP contribution in [0.25, 0.3) is 0 Å². The van der Waals surface area contributed by atoms with E-state index >= 15 is 0 Å². The summed E-state index contributed by atoms with van der Waals surface area (Å²) in [5, 5.41) is 6.71. The summed E-state index contributed by atoms with van der Waals surface area (Å²) in [5.41, 5.74) is 0. The lowest BCUT2D eigenvalue weighted by Gasteiger charge is -2.34. The Morgan fingerprint density at radius 2 is 1.73 bits per heavy atom. The fourth-order valence-corrected chi connectivity index (χ4v) is 3.92. The van der Waals surface area contributed by atoms with Crippen LogP contribution in [0, 0.1) is 5.92 Å². The van der Waals surface area contributed by atoms with E-state index in [4.69, 9.17) is 0 Å². The summed E-state index contributed by atoms with van der Waals surface area (Å²) in [5.74, 6) is 1.49. The van der Waals surface area contributed by atoms with Crippen LogP contribution in [-0.2, 0) is 10.0 Å². The van der Waals surface area contributed by atoms with Crippen LogP contribution in [0.2, 0.25) is 0 Å². The standard InChI is InChI=1S/C18H39N5O2S/c1-5-26(24,25)22-12-10-11-20-18(19-4)21-15-17(16(2)3)23-13-8-6-7-9-14-23/h16-17,22H,5-15H2,1-4H3,(H2,19,20,21). The molecule has 1 saturated heterocycles. The van der Waals surface area contributed by atoms with Crippen molar-refractivity contribution < 1.29 is 8.42 Å². The Hall–Kier alpha value is -0.860. The van der Waals surface area contributed by atoms with Gasteiger partial charge in [0.05, 0.1) is 5.75 Å². The highest BCUT2D eigenvalue weighted by molar-refractivity contribution is 7.89. The monoisotopic (exact) mass is 389 g/mol. The fourth-order valence-electron chi connectivity index (χ4n) is 3.26. The maximum absolute atomic E-state index is 11.4. The summed E-state index contributed by atoms with van der Waals surface area (Å²) < 4.78 is 25.4. The first-order valence-corrected chi connectivity index (χ1v) is 11.7. The Labute approximate surface area is 160 Å². The molecule has 1 aliphatic rings. The average molecular weight is 390 g/mol. The Morgan fingerprint density at radius 3 is 2.27 bits per heavy atom. The minimum atomic E-state index is -3.10. The Kier molecular flexibility index (Phi) is 11.2. The third-order valence-corrected chi connectivity index (χ3v) is 6.33. The van der Waals surface area contributed by atoms with Gasteiger partial charge in [-0.1, -0.05) is 26.7 Å². The minimum absolute atomic E-state index is 0.122. The zero-order valence-corrected chi connectivity index (χ0v) is 17.9. The van der Waals surface area contributed by atoms with Crippen LogP contribution in [0.3, 0.4) is 0 Å². The van der Waals surface area contributed by atoms with Crippen molar-refractivity contribution in [2.75, 3.05) is 45.5 Å². The first-order chi connectivity index (χ1) is 12.4. The lowest BCUT2D eigenvalue weighted by atomic mass is 10.0. The number of nitrogens with one attached hydrogen (secondary N) is 3. The molecule has 7 nitrogen and oxygen atoms in total. The Morgan fingerprint density at radius 1 is 1.08 bits per heavy atom. The van der Waals surface area contributed by atoms with Gasteiger partial charge in [0.2, 0.25) is 10.0 Å². The average Bonchev–Trinajstić information content (AvgIpc) is 2.89. The van der Waals surface area contributed by atoms with E-state index in [9.17, 15) is 8.42 Å². The number of guanidine groups is 1. The van der Waals surface area contributed by atoms with E-state index in [0.29, 0.717) is 25.0 Å². The largest absolute Gasteiger partial charge is 0.356 e. The summed E-state index contributed by atoms with van der Waals surface area (Å²) in [4.78, 5) is 6.91. The lowest BCUT2D eigenvalue weighted by Crippen LogP contribution is -2.50. The number of rotatable bonds is 10. The van der Waals surface area contributed by atoms with E-state index in [1.54, 1.807) is 14.0 Å². The molecule has 1 fully saturated rings. The number of hydrogen-bond acceptors (Lipinski definition) is 4. The summed E-state index contributed by atoms with van der Waals surface area (Å²) in [7, 11) is -1.33. The Balaban J connectivity index is 2.36. The summed E-state index contributed by atoms with van der Waals surface area (Å²) in [6, 6.07) is 0.503. The van der Waals surface area contributed by atoms with E-state index < -0.39 is 10.0 Å². The van der Waals surface area contributed by atoms with Crippen LogP contribution in [-0.4, -0.2) is 70.8 Å². The second-order valence-electron chi connectivity index (χ2n) is 7.29. The van der Waals surface area contributed by atoms with Gasteiger partial charge in [-0.2, -0.15) is 0 Å². The van der Waals surface area contributed by atoms with E-state index in [2.05, 4.69) is 39.1 Å². The SMILES string of the molecule is CCS(=O)(=O)NCCCNC(=NC)NCC(C(C)C)N1CCCCCC1. The molecule has 0 aromatic heterocycles. The Bertz CT molecular complexity index is 500. The van der Waals surface area contributed by atoms with Crippen molar-refractivity contribution in [2.45, 2.75) is 58.9 Å². The van der Waals surface area contributed by atoms with Crippen molar-refractivity contribution in [3.8, 4) is 0 Å². The first kappa shape index (κ1) is 23.2. The van der Waals surface area contributed by atoms with Crippen molar-refractivity contribution in [3.05, 3.63) is 0 Å². The molecule has 8 heteroatoms. The predicted molar refractivity (Wildman–Crippen MR) is 110 cm³/mol. The second kappa shape index (κ2) is 12.5. The van der Waals surface area contributed by atoms with Gasteiger partial charge in [0.1, 0.15) is 0 Å². The lowest BCUT2D eigenvalue weighted by molar-refractivity contribution is 0.161. The topological polar surface area (TPSA) is 85.8 Å². The molecule has 0 saturated carbocycles. The molecule has 0 aromatic rings. The molecule has 26 heavy (non-hydrogen) atoms. The normalized spacial score (nSPS) is 18.6. The molecule has 1 unspecified atom stereocenters. The zero-order valence-electron chi connectivity index (χ0n) is 17.1. The van der Waals surface area contributed by atoms with Crippen LogP contribution in [0.1, 0.15) is 52.9 Å². The number of sulfonamides is 1. The van der Waals surface area contributed by atoms with Crippen molar-refractivity contribution in [1.29, 1.82) is 0 Å². The maximum atomic E-state index is 11.4. The molecule has 1 heterocycles. The number of nitrogens with zero attached hydrogens (tertiary/aromatic N) is 2.